The first-order valence-corrected chi connectivity index (χ1v) is 2.21. The van der Waals surface area contributed by atoms with Gasteiger partial charge in [0, 0.05) is 0 Å². The van der Waals surface area contributed by atoms with E-state index in [0.717, 1.165) is 0 Å². The van der Waals surface area contributed by atoms with Crippen molar-refractivity contribution < 1.29 is 19.2 Å². The van der Waals surface area contributed by atoms with Crippen LogP contribution in [0.1, 0.15) is 0 Å². The fourth-order valence-electron chi connectivity index (χ4n) is 0. The molecule has 0 aromatic rings. The number of hydrogen-bond acceptors (Lipinski definition) is 0. The summed E-state index contributed by atoms with van der Waals surface area (Å²) in [6.07, 6.45) is 4.69. The first-order chi connectivity index (χ1) is 1.91. The van der Waals surface area contributed by atoms with Crippen molar-refractivity contribution in [2.24, 2.45) is 0 Å². The van der Waals surface area contributed by atoms with Crippen molar-refractivity contribution in [3.8, 4) is 16.5 Å². The average molecular weight is 221 g/mol. The summed E-state index contributed by atoms with van der Waals surface area (Å²) in [4.78, 5) is 0. The Morgan fingerprint density at radius 1 is 1.75 bits per heavy atom. The minimum absolute atomic E-state index is 1.22. The van der Waals surface area contributed by atoms with Gasteiger partial charge in [-0.3, -0.25) is 0 Å². The van der Waals surface area contributed by atoms with E-state index in [0.29, 0.717) is 0 Å². The molecule has 0 rings (SSSR count). The molecule has 0 amide bonds. The van der Waals surface area contributed by atoms with E-state index in [-0.39, 0.29) is 0 Å². The molecule has 0 N–H and O–H groups in total. The molecule has 0 aromatic heterocycles. The average Bonchev–Trinajstić information content (AvgIpc) is 1.37. The maximum absolute atomic E-state index is 4.69. The third kappa shape index (κ3) is 2.03. The van der Waals surface area contributed by atoms with Crippen LogP contribution in [0.2, 0.25) is 0 Å². The number of hydrogen-bond donors (Lipinski definition) is 0. The van der Waals surface area contributed by atoms with Crippen molar-refractivity contribution in [2.45, 2.75) is 0 Å². The summed E-state index contributed by atoms with van der Waals surface area (Å²) in [7, 11) is 0. The third-order valence-electron chi connectivity index (χ3n) is 0.0589. The Balaban J connectivity index is 3.14. The van der Waals surface area contributed by atoms with Gasteiger partial charge in [-0.05, 0) is 0 Å². The second kappa shape index (κ2) is 3.03. The van der Waals surface area contributed by atoms with E-state index >= 15 is 0 Å². The predicted octanol–water partition coefficient (Wildman–Crippen LogP) is 0.126. The Morgan fingerprint density at radius 2 is 2.00 bits per heavy atom. The molecule has 19 valence electrons. The fourth-order valence-corrected chi connectivity index (χ4v) is 0. The quantitative estimate of drug-likeness (QED) is 0.510. The van der Waals surface area contributed by atoms with E-state index in [4.69, 9.17) is 0 Å². The molecule has 4 heavy (non-hydrogen) atoms. The van der Waals surface area contributed by atoms with Crippen LogP contribution in [0.5, 0.6) is 0 Å². The molecule has 0 aliphatic carbocycles. The topological polar surface area (TPSA) is 0 Å². The predicted molar refractivity (Wildman–Crippen MR) is 12.7 cm³/mol. The molecule has 0 aromatic carbocycles. The van der Waals surface area contributed by atoms with Crippen LogP contribution in [0.15, 0.2) is 0 Å². The van der Waals surface area contributed by atoms with Crippen LogP contribution in [-0.2, 0) is 19.2 Å². The van der Waals surface area contributed by atoms with Crippen LogP contribution < -0.4 is 0 Å². The Morgan fingerprint density at radius 3 is 2.00 bits per heavy atom. The van der Waals surface area contributed by atoms with Crippen molar-refractivity contribution in [1.82, 2.24) is 0 Å². The Hall–Kier alpha value is 0.0283. The van der Waals surface area contributed by atoms with E-state index in [1.807, 2.05) is 0 Å². The fraction of sp³-hybridized carbons (Fsp3) is 0. The van der Waals surface area contributed by atoms with E-state index in [2.05, 4.69) is 16.5 Å². The first-order valence-electron chi connectivity index (χ1n) is 0.743. The van der Waals surface area contributed by atoms with Gasteiger partial charge in [0.1, 0.15) is 0 Å². The van der Waals surface area contributed by atoms with Crippen LogP contribution in [-0.4, -0.2) is 0 Å². The van der Waals surface area contributed by atoms with Crippen molar-refractivity contribution in [3.63, 3.8) is 0 Å². The molecule has 0 heterocycles. The summed E-state index contributed by atoms with van der Waals surface area (Å²) in [6, 6.07) is 0. The van der Waals surface area contributed by atoms with E-state index < -0.39 is 0 Å². The Labute approximate surface area is 36.2 Å². The normalized spacial score (nSPS) is 2.50. The van der Waals surface area contributed by atoms with Crippen LogP contribution in [0, 0.1) is 16.5 Å². The molecular formula is C3HW. The van der Waals surface area contributed by atoms with E-state index in [9.17, 15) is 0 Å². The molecule has 0 saturated heterocycles. The number of terminal acetylenes is 1. The van der Waals surface area contributed by atoms with Gasteiger partial charge in [0.25, 0.3) is 0 Å². The second-order valence-corrected chi connectivity index (χ2v) is 0.980. The number of rotatable bonds is 0. The minimum atomic E-state index is 1.22. The summed E-state index contributed by atoms with van der Waals surface area (Å²) in [5, 5.41) is 0. The molecule has 0 saturated carbocycles. The summed E-state index contributed by atoms with van der Waals surface area (Å²) in [5.41, 5.74) is 0. The summed E-state index contributed by atoms with van der Waals surface area (Å²) >= 11 is 1.22. The Kier molecular flexibility index (Phi) is 3.05. The molecule has 1 heteroatoms. The zero-order valence-electron chi connectivity index (χ0n) is 1.99. The molecule has 0 radical (unpaired) electrons. The molecule has 0 spiro atoms. The van der Waals surface area contributed by atoms with Gasteiger partial charge in [-0.2, -0.15) is 0 Å². The van der Waals surface area contributed by atoms with Gasteiger partial charge in [0.2, 0.25) is 0 Å². The van der Waals surface area contributed by atoms with Gasteiger partial charge in [-0.1, -0.05) is 0 Å². The van der Waals surface area contributed by atoms with Crippen molar-refractivity contribution in [2.75, 3.05) is 0 Å². The van der Waals surface area contributed by atoms with Gasteiger partial charge in [-0.25, -0.2) is 0 Å². The Bertz CT molecular complexity index is 58.3. The van der Waals surface area contributed by atoms with Crippen LogP contribution in [0.4, 0.5) is 0 Å². The molecule has 0 aliphatic heterocycles. The van der Waals surface area contributed by atoms with Crippen molar-refractivity contribution in [3.05, 3.63) is 0 Å². The van der Waals surface area contributed by atoms with Crippen molar-refractivity contribution in [1.29, 1.82) is 0 Å². The van der Waals surface area contributed by atoms with Gasteiger partial charge in [-0.15, -0.1) is 0 Å². The molecule has 0 unspecified atom stereocenters. The zero-order valence-corrected chi connectivity index (χ0v) is 4.92. The second-order valence-electron chi connectivity index (χ2n) is 0.246. The molecule has 0 aliphatic rings. The summed E-state index contributed by atoms with van der Waals surface area (Å²) in [5.74, 6) is 2.22. The van der Waals surface area contributed by atoms with Crippen molar-refractivity contribution >= 4 is 0 Å². The van der Waals surface area contributed by atoms with Gasteiger partial charge >= 0.3 is 35.7 Å². The van der Waals surface area contributed by atoms with Crippen LogP contribution >= 0.6 is 0 Å². The third-order valence-corrected chi connectivity index (χ3v) is 0.482. The van der Waals surface area contributed by atoms with Gasteiger partial charge in [0.05, 0.1) is 0 Å². The van der Waals surface area contributed by atoms with Crippen LogP contribution in [0.25, 0.3) is 0 Å². The molecular weight excluding hydrogens is 220 g/mol. The molecule has 0 fully saturated rings. The van der Waals surface area contributed by atoms with Gasteiger partial charge < -0.3 is 0 Å². The first kappa shape index (κ1) is 4.03. The molecule has 0 bridgehead atoms. The maximum atomic E-state index is 4.69. The molecule has 0 atom stereocenters. The van der Waals surface area contributed by atoms with Gasteiger partial charge in [0.15, 0.2) is 0 Å². The van der Waals surface area contributed by atoms with E-state index in [1.165, 1.54) is 19.2 Å². The zero-order chi connectivity index (χ0) is 3.41. The van der Waals surface area contributed by atoms with Crippen LogP contribution in [0.3, 0.4) is 0 Å². The monoisotopic (exact) mass is 221 g/mol. The molecule has 0 nitrogen and oxygen atoms in total. The summed E-state index contributed by atoms with van der Waals surface area (Å²) in [6.45, 7) is 0. The summed E-state index contributed by atoms with van der Waals surface area (Å²) < 4.78 is 2.54. The van der Waals surface area contributed by atoms with E-state index in [1.54, 1.807) is 0 Å². The SMILES string of the molecule is C#C[C]#[W]. The standard InChI is InChI=1S/C3H.W/c1-3-2;/h1H;.